The molecule has 0 rings (SSSR count). The van der Waals surface area contributed by atoms with Crippen molar-refractivity contribution >= 4 is 18.0 Å². The first kappa shape index (κ1) is 17.2. The second-order valence-electron chi connectivity index (χ2n) is 5.40. The summed E-state index contributed by atoms with van der Waals surface area (Å²) >= 11 is 0. The Kier molecular flexibility index (Phi) is 5.34. The van der Waals surface area contributed by atoms with Gasteiger partial charge in [0.1, 0.15) is 6.04 Å². The minimum atomic E-state index is -1.17. The van der Waals surface area contributed by atoms with Gasteiger partial charge >= 0.3 is 18.0 Å². The summed E-state index contributed by atoms with van der Waals surface area (Å²) in [6, 6.07) is -1.44. The SMILES string of the molecule is COC(=O)C(C)NC(=O)NC(C)(C)C(C)(C)C(=O)O. The summed E-state index contributed by atoms with van der Waals surface area (Å²) in [4.78, 5) is 34.1. The number of urea groups is 1. The highest BCUT2D eigenvalue weighted by atomic mass is 16.5. The number of nitrogens with one attached hydrogen (secondary N) is 2. The number of rotatable bonds is 5. The van der Waals surface area contributed by atoms with E-state index in [1.165, 1.54) is 27.9 Å². The van der Waals surface area contributed by atoms with E-state index < -0.39 is 35.0 Å². The van der Waals surface area contributed by atoms with Crippen molar-refractivity contribution in [3.63, 3.8) is 0 Å². The lowest BCUT2D eigenvalue weighted by Gasteiger charge is -2.38. The van der Waals surface area contributed by atoms with E-state index in [0.717, 1.165) is 0 Å². The van der Waals surface area contributed by atoms with Crippen molar-refractivity contribution in [2.24, 2.45) is 5.41 Å². The second kappa shape index (κ2) is 5.90. The maximum atomic E-state index is 11.7. The molecule has 110 valence electrons. The average molecular weight is 274 g/mol. The average Bonchev–Trinajstić information content (AvgIpc) is 2.26. The van der Waals surface area contributed by atoms with Crippen molar-refractivity contribution in [2.45, 2.75) is 46.2 Å². The van der Waals surface area contributed by atoms with Crippen LogP contribution in [0.25, 0.3) is 0 Å². The zero-order valence-corrected chi connectivity index (χ0v) is 12.2. The van der Waals surface area contributed by atoms with E-state index in [4.69, 9.17) is 5.11 Å². The van der Waals surface area contributed by atoms with Crippen LogP contribution in [0.1, 0.15) is 34.6 Å². The number of carbonyl (C=O) groups is 3. The van der Waals surface area contributed by atoms with Crippen LogP contribution in [0.4, 0.5) is 4.79 Å². The highest BCUT2D eigenvalue weighted by Gasteiger charge is 2.44. The summed E-state index contributed by atoms with van der Waals surface area (Å²) in [5.74, 6) is -1.61. The summed E-state index contributed by atoms with van der Waals surface area (Å²) < 4.78 is 4.47. The lowest BCUT2D eigenvalue weighted by molar-refractivity contribution is -0.151. The van der Waals surface area contributed by atoms with Crippen molar-refractivity contribution in [2.75, 3.05) is 7.11 Å². The number of aliphatic carboxylic acids is 1. The zero-order valence-electron chi connectivity index (χ0n) is 12.2. The Labute approximate surface area is 112 Å². The van der Waals surface area contributed by atoms with Crippen LogP contribution in [0.15, 0.2) is 0 Å². The van der Waals surface area contributed by atoms with Gasteiger partial charge in [-0.25, -0.2) is 9.59 Å². The maximum Gasteiger partial charge on any atom is 0.328 e. The number of carbonyl (C=O) groups excluding carboxylic acids is 2. The summed E-state index contributed by atoms with van der Waals surface area (Å²) in [5, 5.41) is 14.1. The van der Waals surface area contributed by atoms with Gasteiger partial charge < -0.3 is 20.5 Å². The topological polar surface area (TPSA) is 105 Å². The smallest absolute Gasteiger partial charge is 0.328 e. The number of hydrogen-bond acceptors (Lipinski definition) is 4. The van der Waals surface area contributed by atoms with Gasteiger partial charge in [0.25, 0.3) is 0 Å². The van der Waals surface area contributed by atoms with Gasteiger partial charge in [-0.2, -0.15) is 0 Å². The first-order valence-electron chi connectivity index (χ1n) is 5.85. The molecule has 7 heteroatoms. The Morgan fingerprint density at radius 3 is 2.00 bits per heavy atom. The first-order chi connectivity index (χ1) is 8.45. The first-order valence-corrected chi connectivity index (χ1v) is 5.85. The quantitative estimate of drug-likeness (QED) is 0.641. The van der Waals surface area contributed by atoms with E-state index in [0.29, 0.717) is 0 Å². The fourth-order valence-corrected chi connectivity index (χ4v) is 1.18. The van der Waals surface area contributed by atoms with E-state index in [-0.39, 0.29) is 0 Å². The molecule has 7 nitrogen and oxygen atoms in total. The fraction of sp³-hybridized carbons (Fsp3) is 0.750. The molecule has 0 saturated heterocycles. The molecule has 3 N–H and O–H groups in total. The van der Waals surface area contributed by atoms with Crippen LogP contribution < -0.4 is 10.6 Å². The molecule has 0 aliphatic rings. The molecule has 0 spiro atoms. The summed E-state index contributed by atoms with van der Waals surface area (Å²) in [7, 11) is 1.22. The molecule has 1 unspecified atom stereocenters. The molecule has 0 bridgehead atoms. The number of amides is 2. The van der Waals surface area contributed by atoms with Gasteiger partial charge in [-0.1, -0.05) is 0 Å². The Bertz CT molecular complexity index is 376. The Balaban J connectivity index is 4.73. The molecule has 2 amide bonds. The van der Waals surface area contributed by atoms with Crippen molar-refractivity contribution in [1.82, 2.24) is 10.6 Å². The molecule has 0 aromatic carbocycles. The number of methoxy groups -OCH3 is 1. The van der Waals surface area contributed by atoms with Crippen LogP contribution >= 0.6 is 0 Å². The molecule has 0 aromatic rings. The molecular weight excluding hydrogens is 252 g/mol. The normalized spacial score (nSPS) is 13.4. The largest absolute Gasteiger partial charge is 0.481 e. The van der Waals surface area contributed by atoms with Crippen LogP contribution in [0, 0.1) is 5.41 Å². The standard InChI is InChI=1S/C12H22N2O5/c1-7(8(15)19-6)13-10(18)14-12(4,5)11(2,3)9(16)17/h7H,1-6H3,(H,16,17)(H2,13,14,18). The number of carboxylic acid groups (broad SMARTS) is 1. The minimum absolute atomic E-state index is 0.578. The molecule has 0 radical (unpaired) electrons. The predicted octanol–water partition coefficient (Wildman–Crippen LogP) is 0.737. The third-order valence-corrected chi connectivity index (χ3v) is 3.43. The van der Waals surface area contributed by atoms with Gasteiger partial charge in [0.05, 0.1) is 18.1 Å². The van der Waals surface area contributed by atoms with E-state index >= 15 is 0 Å². The monoisotopic (exact) mass is 274 g/mol. The predicted molar refractivity (Wildman–Crippen MR) is 68.6 cm³/mol. The summed E-state index contributed by atoms with van der Waals surface area (Å²) in [6.07, 6.45) is 0. The van der Waals surface area contributed by atoms with Crippen molar-refractivity contribution in [3.05, 3.63) is 0 Å². The zero-order chi connectivity index (χ0) is 15.4. The number of ether oxygens (including phenoxy) is 1. The minimum Gasteiger partial charge on any atom is -0.481 e. The van der Waals surface area contributed by atoms with E-state index in [1.807, 2.05) is 0 Å². The molecule has 1 atom stereocenters. The molecule has 0 heterocycles. The van der Waals surface area contributed by atoms with Crippen molar-refractivity contribution in [3.8, 4) is 0 Å². The summed E-state index contributed by atoms with van der Waals surface area (Å²) in [5.41, 5.74) is -2.17. The molecule has 0 aromatic heterocycles. The fourth-order valence-electron chi connectivity index (χ4n) is 1.18. The van der Waals surface area contributed by atoms with Gasteiger partial charge in [-0.3, -0.25) is 4.79 Å². The Morgan fingerprint density at radius 2 is 1.63 bits per heavy atom. The van der Waals surface area contributed by atoms with Crippen molar-refractivity contribution in [1.29, 1.82) is 0 Å². The van der Waals surface area contributed by atoms with Crippen LogP contribution in [0.3, 0.4) is 0 Å². The Morgan fingerprint density at radius 1 is 1.16 bits per heavy atom. The maximum absolute atomic E-state index is 11.7. The lowest BCUT2D eigenvalue weighted by atomic mass is 9.74. The van der Waals surface area contributed by atoms with Gasteiger partial charge in [0.15, 0.2) is 0 Å². The highest BCUT2D eigenvalue weighted by Crippen LogP contribution is 2.30. The third kappa shape index (κ3) is 4.11. The molecule has 0 saturated carbocycles. The number of carboxylic acids is 1. The Hall–Kier alpha value is -1.79. The molecule has 19 heavy (non-hydrogen) atoms. The molecule has 0 aliphatic heterocycles. The van der Waals surface area contributed by atoms with E-state index in [1.54, 1.807) is 13.8 Å². The second-order valence-corrected chi connectivity index (χ2v) is 5.40. The van der Waals surface area contributed by atoms with Crippen LogP contribution in [0.5, 0.6) is 0 Å². The van der Waals surface area contributed by atoms with Gasteiger partial charge in [-0.15, -0.1) is 0 Å². The van der Waals surface area contributed by atoms with Gasteiger partial charge in [0, 0.05) is 0 Å². The number of hydrogen-bond donors (Lipinski definition) is 3. The van der Waals surface area contributed by atoms with E-state index in [2.05, 4.69) is 15.4 Å². The van der Waals surface area contributed by atoms with Crippen LogP contribution in [-0.4, -0.2) is 41.8 Å². The van der Waals surface area contributed by atoms with E-state index in [9.17, 15) is 14.4 Å². The van der Waals surface area contributed by atoms with Gasteiger partial charge in [0.2, 0.25) is 0 Å². The lowest BCUT2D eigenvalue weighted by Crippen LogP contribution is -2.60. The van der Waals surface area contributed by atoms with Crippen molar-refractivity contribution < 1.29 is 24.2 Å². The van der Waals surface area contributed by atoms with Gasteiger partial charge in [-0.05, 0) is 34.6 Å². The molecule has 0 aliphatic carbocycles. The van der Waals surface area contributed by atoms with Crippen LogP contribution in [-0.2, 0) is 14.3 Å². The number of esters is 1. The molecule has 0 fully saturated rings. The summed E-state index contributed by atoms with van der Waals surface area (Å²) in [6.45, 7) is 7.70. The highest BCUT2D eigenvalue weighted by molar-refractivity contribution is 5.84. The molecular formula is C12H22N2O5. The van der Waals surface area contributed by atoms with Crippen LogP contribution in [0.2, 0.25) is 0 Å². The third-order valence-electron chi connectivity index (χ3n) is 3.43.